The Morgan fingerprint density at radius 3 is 2.30 bits per heavy atom. The predicted molar refractivity (Wildman–Crippen MR) is 84.2 cm³/mol. The molecule has 0 aliphatic heterocycles. The maximum atomic E-state index is 6.25. The van der Waals surface area contributed by atoms with E-state index in [0.717, 1.165) is 23.6 Å². The predicted octanol–water partition coefficient (Wildman–Crippen LogP) is 4.12. The molecule has 1 rings (SSSR count). The van der Waals surface area contributed by atoms with Crippen molar-refractivity contribution in [3.63, 3.8) is 0 Å². The first-order valence-corrected chi connectivity index (χ1v) is 7.65. The van der Waals surface area contributed by atoms with Gasteiger partial charge in [0.1, 0.15) is 0 Å². The number of ether oxygens (including phenoxy) is 2. The van der Waals surface area contributed by atoms with Gasteiger partial charge in [-0.15, -0.1) is 0 Å². The van der Waals surface area contributed by atoms with E-state index >= 15 is 0 Å². The number of hydrogen-bond acceptors (Lipinski definition) is 3. The van der Waals surface area contributed by atoms with Gasteiger partial charge in [0.2, 0.25) is 0 Å². The van der Waals surface area contributed by atoms with Crippen LogP contribution in [0.25, 0.3) is 0 Å². The quantitative estimate of drug-likeness (QED) is 0.640. The lowest BCUT2D eigenvalue weighted by atomic mass is 10.1. The van der Waals surface area contributed by atoms with Crippen LogP contribution in [0.2, 0.25) is 5.02 Å². The molecule has 1 atom stereocenters. The lowest BCUT2D eigenvalue weighted by Gasteiger charge is -2.27. The molecule has 0 fully saturated rings. The van der Waals surface area contributed by atoms with E-state index in [9.17, 15) is 0 Å². The second kappa shape index (κ2) is 9.35. The highest BCUT2D eigenvalue weighted by atomic mass is 35.5. The van der Waals surface area contributed by atoms with Crippen molar-refractivity contribution in [2.45, 2.75) is 39.5 Å². The number of halogens is 1. The lowest BCUT2D eigenvalue weighted by Crippen LogP contribution is -2.28. The molecule has 0 amide bonds. The molecular formula is C16H26ClNO2. The number of rotatable bonds is 9. The summed E-state index contributed by atoms with van der Waals surface area (Å²) in [7, 11) is 2.10. The summed E-state index contributed by atoms with van der Waals surface area (Å²) < 4.78 is 11.1. The summed E-state index contributed by atoms with van der Waals surface area (Å²) in [5.41, 5.74) is 1.15. The van der Waals surface area contributed by atoms with Crippen LogP contribution in [0.5, 0.6) is 0 Å². The minimum atomic E-state index is -0.120. The van der Waals surface area contributed by atoms with Gasteiger partial charge in [0, 0.05) is 37.2 Å². The molecule has 0 radical (unpaired) electrons. The van der Waals surface area contributed by atoms with E-state index in [-0.39, 0.29) is 12.3 Å². The van der Waals surface area contributed by atoms with Gasteiger partial charge in [0.25, 0.3) is 0 Å². The van der Waals surface area contributed by atoms with Gasteiger partial charge in [0.05, 0.1) is 0 Å². The Labute approximate surface area is 127 Å². The van der Waals surface area contributed by atoms with Crippen molar-refractivity contribution in [2.24, 2.45) is 0 Å². The lowest BCUT2D eigenvalue weighted by molar-refractivity contribution is -0.141. The zero-order valence-electron chi connectivity index (χ0n) is 12.9. The van der Waals surface area contributed by atoms with Crippen molar-refractivity contribution in [2.75, 3.05) is 26.8 Å². The van der Waals surface area contributed by atoms with E-state index in [2.05, 4.69) is 24.9 Å². The number of nitrogens with zero attached hydrogens (tertiary/aromatic N) is 1. The van der Waals surface area contributed by atoms with E-state index in [0.29, 0.717) is 13.2 Å². The summed E-state index contributed by atoms with van der Waals surface area (Å²) >= 11 is 6.25. The van der Waals surface area contributed by atoms with Gasteiger partial charge in [-0.1, -0.05) is 29.8 Å². The Hall–Kier alpha value is -0.610. The van der Waals surface area contributed by atoms with Crippen LogP contribution in [0.4, 0.5) is 0 Å². The maximum absolute atomic E-state index is 6.25. The average molecular weight is 300 g/mol. The molecule has 0 bridgehead atoms. The molecule has 0 spiro atoms. The standard InChI is InChI=1S/C16H26ClNO2/c1-5-19-16(20-6-2)11-12-18(4)13(3)14-9-7-8-10-15(14)17/h7-10,13,16H,5-6,11-12H2,1-4H3. The topological polar surface area (TPSA) is 21.7 Å². The van der Waals surface area contributed by atoms with Crippen molar-refractivity contribution in [1.82, 2.24) is 4.90 Å². The maximum Gasteiger partial charge on any atom is 0.158 e. The normalized spacial score (nSPS) is 13.2. The van der Waals surface area contributed by atoms with Crippen molar-refractivity contribution in [3.8, 4) is 0 Å². The Kier molecular flexibility index (Phi) is 8.15. The first kappa shape index (κ1) is 17.4. The van der Waals surface area contributed by atoms with Crippen molar-refractivity contribution >= 4 is 11.6 Å². The Morgan fingerprint density at radius 2 is 1.75 bits per heavy atom. The second-order valence-electron chi connectivity index (χ2n) is 4.81. The molecule has 0 saturated carbocycles. The van der Waals surface area contributed by atoms with Crippen LogP contribution in [0.1, 0.15) is 38.8 Å². The van der Waals surface area contributed by atoms with Crippen molar-refractivity contribution in [1.29, 1.82) is 0 Å². The van der Waals surface area contributed by atoms with Crippen LogP contribution in [-0.4, -0.2) is 38.0 Å². The monoisotopic (exact) mass is 299 g/mol. The molecule has 1 unspecified atom stereocenters. The average Bonchev–Trinajstić information content (AvgIpc) is 2.44. The molecule has 4 heteroatoms. The van der Waals surface area contributed by atoms with Crippen molar-refractivity contribution < 1.29 is 9.47 Å². The zero-order chi connectivity index (χ0) is 15.0. The fourth-order valence-electron chi connectivity index (χ4n) is 2.14. The highest BCUT2D eigenvalue weighted by Gasteiger charge is 2.16. The van der Waals surface area contributed by atoms with E-state index in [1.807, 2.05) is 32.0 Å². The fourth-order valence-corrected chi connectivity index (χ4v) is 2.43. The number of benzene rings is 1. The zero-order valence-corrected chi connectivity index (χ0v) is 13.7. The summed E-state index contributed by atoms with van der Waals surface area (Å²) in [5.74, 6) is 0. The SMILES string of the molecule is CCOC(CCN(C)C(C)c1ccccc1Cl)OCC. The molecule has 114 valence electrons. The summed E-state index contributed by atoms with van der Waals surface area (Å²) in [5, 5.41) is 0.818. The van der Waals surface area contributed by atoms with Gasteiger partial charge in [0.15, 0.2) is 6.29 Å². The van der Waals surface area contributed by atoms with E-state index in [1.165, 1.54) is 0 Å². The molecule has 20 heavy (non-hydrogen) atoms. The molecular weight excluding hydrogens is 274 g/mol. The molecule has 3 nitrogen and oxygen atoms in total. The van der Waals surface area contributed by atoms with Crippen LogP contribution < -0.4 is 0 Å². The Balaban J connectivity index is 2.53. The minimum absolute atomic E-state index is 0.120. The highest BCUT2D eigenvalue weighted by molar-refractivity contribution is 6.31. The summed E-state index contributed by atoms with van der Waals surface area (Å²) in [6.07, 6.45) is 0.735. The first-order valence-electron chi connectivity index (χ1n) is 7.28. The van der Waals surface area contributed by atoms with Gasteiger partial charge in [-0.3, -0.25) is 4.90 Å². The van der Waals surface area contributed by atoms with Crippen molar-refractivity contribution in [3.05, 3.63) is 34.9 Å². The van der Waals surface area contributed by atoms with E-state index in [1.54, 1.807) is 0 Å². The van der Waals surface area contributed by atoms with Gasteiger partial charge in [-0.25, -0.2) is 0 Å². The molecule has 0 aliphatic rings. The van der Waals surface area contributed by atoms with Gasteiger partial charge < -0.3 is 9.47 Å². The Morgan fingerprint density at radius 1 is 1.15 bits per heavy atom. The first-order chi connectivity index (χ1) is 9.60. The molecule has 0 saturated heterocycles. The third-order valence-electron chi connectivity index (χ3n) is 3.44. The molecule has 1 aromatic carbocycles. The largest absolute Gasteiger partial charge is 0.353 e. The van der Waals surface area contributed by atoms with Gasteiger partial charge >= 0.3 is 0 Å². The summed E-state index contributed by atoms with van der Waals surface area (Å²) in [6, 6.07) is 8.26. The third-order valence-corrected chi connectivity index (χ3v) is 3.78. The third kappa shape index (κ3) is 5.41. The molecule has 0 N–H and O–H groups in total. The highest BCUT2D eigenvalue weighted by Crippen LogP contribution is 2.26. The van der Waals surface area contributed by atoms with Crippen LogP contribution in [0.3, 0.4) is 0 Å². The van der Waals surface area contributed by atoms with E-state index in [4.69, 9.17) is 21.1 Å². The molecule has 0 aromatic heterocycles. The van der Waals surface area contributed by atoms with E-state index < -0.39 is 0 Å². The fraction of sp³-hybridized carbons (Fsp3) is 0.625. The molecule has 1 aromatic rings. The molecule has 0 aliphatic carbocycles. The van der Waals surface area contributed by atoms with Crippen LogP contribution in [0.15, 0.2) is 24.3 Å². The van der Waals surface area contributed by atoms with Gasteiger partial charge in [-0.05, 0) is 39.4 Å². The van der Waals surface area contributed by atoms with Gasteiger partial charge in [-0.2, -0.15) is 0 Å². The molecule has 0 heterocycles. The number of hydrogen-bond donors (Lipinski definition) is 0. The smallest absolute Gasteiger partial charge is 0.158 e. The summed E-state index contributed by atoms with van der Waals surface area (Å²) in [6.45, 7) is 8.39. The van der Waals surface area contributed by atoms with Crippen LogP contribution >= 0.6 is 11.6 Å². The Bertz CT molecular complexity index is 380. The summed E-state index contributed by atoms with van der Waals surface area (Å²) in [4.78, 5) is 2.27. The van der Waals surface area contributed by atoms with Crippen LogP contribution in [-0.2, 0) is 9.47 Å². The minimum Gasteiger partial charge on any atom is -0.353 e. The second-order valence-corrected chi connectivity index (χ2v) is 5.21. The van der Waals surface area contributed by atoms with Crippen LogP contribution in [0, 0.1) is 0 Å².